The fourth-order valence-corrected chi connectivity index (χ4v) is 3.05. The molecule has 0 aliphatic heterocycles. The van der Waals surface area contributed by atoms with Gasteiger partial charge in [0.1, 0.15) is 5.69 Å². The summed E-state index contributed by atoms with van der Waals surface area (Å²) in [5, 5.41) is 11.4. The lowest BCUT2D eigenvalue weighted by atomic mass is 10.3. The molecule has 1 aromatic heterocycles. The van der Waals surface area contributed by atoms with Crippen molar-refractivity contribution in [1.82, 2.24) is 9.71 Å². The van der Waals surface area contributed by atoms with Gasteiger partial charge in [-0.05, 0) is 26.3 Å². The number of nitrogens with one attached hydrogen (secondary N) is 3. The molecular weight excluding hydrogens is 298 g/mol. The van der Waals surface area contributed by atoms with Crippen molar-refractivity contribution in [3.63, 3.8) is 0 Å². The lowest BCUT2D eigenvalue weighted by molar-refractivity contribution is -0.117. The molecule has 9 heteroatoms. The Kier molecular flexibility index (Phi) is 5.50. The normalized spacial score (nSPS) is 12.9. The number of sulfonamides is 1. The maximum atomic E-state index is 11.9. The van der Waals surface area contributed by atoms with Crippen LogP contribution in [0.25, 0.3) is 0 Å². The van der Waals surface area contributed by atoms with Crippen LogP contribution < -0.4 is 10.0 Å². The molecule has 0 saturated carbocycles. The predicted molar refractivity (Wildman–Crippen MR) is 77.8 cm³/mol. The van der Waals surface area contributed by atoms with Gasteiger partial charge in [-0.1, -0.05) is 6.92 Å². The van der Waals surface area contributed by atoms with Crippen LogP contribution in [0.3, 0.4) is 0 Å². The van der Waals surface area contributed by atoms with Crippen LogP contribution in [0, 0.1) is 6.92 Å². The fourth-order valence-electron chi connectivity index (χ4n) is 1.75. The zero-order chi connectivity index (χ0) is 16.2. The Balaban J connectivity index is 2.80. The molecule has 1 atom stereocenters. The smallest absolute Gasteiger partial charge is 0.354 e. The minimum atomic E-state index is -3.52. The Bertz CT molecular complexity index is 635. The SMILES string of the molecule is CCCS(=O)(=O)NC(C)C(=O)Nc1cc(C)[nH]c1C(=O)O. The fraction of sp³-hybridized carbons (Fsp3) is 0.500. The van der Waals surface area contributed by atoms with E-state index in [9.17, 15) is 18.0 Å². The summed E-state index contributed by atoms with van der Waals surface area (Å²) in [4.78, 5) is 25.5. The van der Waals surface area contributed by atoms with Gasteiger partial charge in [0.05, 0.1) is 17.5 Å². The summed E-state index contributed by atoms with van der Waals surface area (Å²) in [6, 6.07) is 0.465. The lowest BCUT2D eigenvalue weighted by Crippen LogP contribution is -2.42. The molecule has 1 heterocycles. The van der Waals surface area contributed by atoms with Gasteiger partial charge in [0.25, 0.3) is 0 Å². The molecule has 0 aliphatic carbocycles. The molecule has 0 bridgehead atoms. The van der Waals surface area contributed by atoms with E-state index in [1.165, 1.54) is 13.0 Å². The van der Waals surface area contributed by atoms with E-state index in [1.54, 1.807) is 13.8 Å². The number of carbonyl (C=O) groups is 2. The second-order valence-corrected chi connectivity index (χ2v) is 6.57. The van der Waals surface area contributed by atoms with Crippen molar-refractivity contribution < 1.29 is 23.1 Å². The highest BCUT2D eigenvalue weighted by Gasteiger charge is 2.22. The first-order valence-electron chi connectivity index (χ1n) is 6.40. The number of hydrogen-bond acceptors (Lipinski definition) is 4. The molecule has 1 unspecified atom stereocenters. The molecule has 4 N–H and O–H groups in total. The molecule has 1 aromatic rings. The summed E-state index contributed by atoms with van der Waals surface area (Å²) in [7, 11) is -3.52. The number of rotatable bonds is 7. The molecule has 0 radical (unpaired) electrons. The summed E-state index contributed by atoms with van der Waals surface area (Å²) in [5.41, 5.74) is 0.526. The highest BCUT2D eigenvalue weighted by atomic mass is 32.2. The molecule has 118 valence electrons. The Hall–Kier alpha value is -1.87. The van der Waals surface area contributed by atoms with Crippen molar-refractivity contribution in [2.45, 2.75) is 33.2 Å². The maximum Gasteiger partial charge on any atom is 0.354 e. The van der Waals surface area contributed by atoms with Crippen molar-refractivity contribution in [3.05, 3.63) is 17.5 Å². The van der Waals surface area contributed by atoms with E-state index < -0.39 is 27.9 Å². The van der Waals surface area contributed by atoms with E-state index in [0.717, 1.165) is 0 Å². The van der Waals surface area contributed by atoms with Crippen LogP contribution in [-0.2, 0) is 14.8 Å². The molecule has 1 rings (SSSR count). The van der Waals surface area contributed by atoms with Gasteiger partial charge in [-0.2, -0.15) is 0 Å². The molecular formula is C12H19N3O5S. The zero-order valence-corrected chi connectivity index (χ0v) is 12.9. The van der Waals surface area contributed by atoms with Crippen molar-refractivity contribution in [3.8, 4) is 0 Å². The van der Waals surface area contributed by atoms with Crippen LogP contribution in [0.4, 0.5) is 5.69 Å². The van der Waals surface area contributed by atoms with Crippen molar-refractivity contribution in [1.29, 1.82) is 0 Å². The number of H-pyrrole nitrogens is 1. The van der Waals surface area contributed by atoms with Gasteiger partial charge in [-0.15, -0.1) is 0 Å². The number of carboxylic acids is 1. The minimum Gasteiger partial charge on any atom is -0.477 e. The van der Waals surface area contributed by atoms with Crippen molar-refractivity contribution in [2.24, 2.45) is 0 Å². The topological polar surface area (TPSA) is 128 Å². The van der Waals surface area contributed by atoms with Crippen LogP contribution >= 0.6 is 0 Å². The Labute approximate surface area is 123 Å². The van der Waals surface area contributed by atoms with E-state index in [1.807, 2.05) is 0 Å². The highest BCUT2D eigenvalue weighted by Crippen LogP contribution is 2.17. The number of carboxylic acid groups (broad SMARTS) is 1. The lowest BCUT2D eigenvalue weighted by Gasteiger charge is -2.13. The number of anilines is 1. The molecule has 21 heavy (non-hydrogen) atoms. The number of aromatic carboxylic acids is 1. The van der Waals surface area contributed by atoms with Crippen LogP contribution in [0.1, 0.15) is 36.5 Å². The first-order valence-corrected chi connectivity index (χ1v) is 8.05. The summed E-state index contributed by atoms with van der Waals surface area (Å²) in [6.07, 6.45) is 0.434. The summed E-state index contributed by atoms with van der Waals surface area (Å²) >= 11 is 0. The first kappa shape index (κ1) is 17.2. The van der Waals surface area contributed by atoms with E-state index in [4.69, 9.17) is 5.11 Å². The number of hydrogen-bond donors (Lipinski definition) is 4. The zero-order valence-electron chi connectivity index (χ0n) is 12.1. The van der Waals surface area contributed by atoms with Crippen LogP contribution in [-0.4, -0.2) is 42.2 Å². The summed E-state index contributed by atoms with van der Waals surface area (Å²) in [6.45, 7) is 4.75. The Morgan fingerprint density at radius 1 is 1.43 bits per heavy atom. The third-order valence-electron chi connectivity index (χ3n) is 2.65. The average molecular weight is 317 g/mol. The van der Waals surface area contributed by atoms with Gasteiger partial charge < -0.3 is 15.4 Å². The van der Waals surface area contributed by atoms with E-state index in [-0.39, 0.29) is 17.1 Å². The van der Waals surface area contributed by atoms with Gasteiger partial charge >= 0.3 is 5.97 Å². The third kappa shape index (κ3) is 4.87. The molecule has 0 aromatic carbocycles. The molecule has 0 saturated heterocycles. The first-order chi connectivity index (χ1) is 9.66. The van der Waals surface area contributed by atoms with Crippen molar-refractivity contribution >= 4 is 27.6 Å². The standard InChI is InChI=1S/C12H19N3O5S/c1-4-5-21(19,20)15-8(3)11(16)14-9-6-7(2)13-10(9)12(17)18/h6,8,13,15H,4-5H2,1-3H3,(H,14,16)(H,17,18). The number of carbonyl (C=O) groups excluding carboxylic acids is 1. The highest BCUT2D eigenvalue weighted by molar-refractivity contribution is 7.89. The monoisotopic (exact) mass is 317 g/mol. The number of aromatic nitrogens is 1. The quantitative estimate of drug-likeness (QED) is 0.588. The number of amides is 1. The second kappa shape index (κ2) is 6.72. The molecule has 0 spiro atoms. The second-order valence-electron chi connectivity index (χ2n) is 4.69. The van der Waals surface area contributed by atoms with Gasteiger partial charge in [-0.3, -0.25) is 4.79 Å². The maximum absolute atomic E-state index is 11.9. The Morgan fingerprint density at radius 3 is 2.57 bits per heavy atom. The summed E-state index contributed by atoms with van der Waals surface area (Å²) in [5.74, 6) is -1.91. The van der Waals surface area contributed by atoms with Crippen LogP contribution in [0.5, 0.6) is 0 Å². The largest absolute Gasteiger partial charge is 0.477 e. The van der Waals surface area contributed by atoms with Crippen LogP contribution in [0.2, 0.25) is 0 Å². The number of aromatic amines is 1. The van der Waals surface area contributed by atoms with E-state index in [2.05, 4.69) is 15.0 Å². The van der Waals surface area contributed by atoms with Crippen molar-refractivity contribution in [2.75, 3.05) is 11.1 Å². The molecule has 1 amide bonds. The van der Waals surface area contributed by atoms with E-state index in [0.29, 0.717) is 12.1 Å². The van der Waals surface area contributed by atoms with Gasteiger partial charge in [0.15, 0.2) is 0 Å². The van der Waals surface area contributed by atoms with E-state index >= 15 is 0 Å². The predicted octanol–water partition coefficient (Wildman–Crippen LogP) is 0.678. The molecule has 0 aliphatic rings. The minimum absolute atomic E-state index is 0.0751. The molecule has 0 fully saturated rings. The van der Waals surface area contributed by atoms with Gasteiger partial charge in [0, 0.05) is 5.69 Å². The average Bonchev–Trinajstić information content (AvgIpc) is 2.69. The number of aryl methyl sites for hydroxylation is 1. The third-order valence-corrected chi connectivity index (χ3v) is 4.30. The van der Waals surface area contributed by atoms with Gasteiger partial charge in [0.2, 0.25) is 15.9 Å². The summed E-state index contributed by atoms with van der Waals surface area (Å²) < 4.78 is 25.4. The Morgan fingerprint density at radius 2 is 2.05 bits per heavy atom. The van der Waals surface area contributed by atoms with Crippen LogP contribution in [0.15, 0.2) is 6.07 Å². The molecule has 8 nitrogen and oxygen atoms in total. The van der Waals surface area contributed by atoms with Gasteiger partial charge in [-0.25, -0.2) is 17.9 Å².